The van der Waals surface area contributed by atoms with Crippen LogP contribution in [0.1, 0.15) is 5.76 Å². The summed E-state index contributed by atoms with van der Waals surface area (Å²) in [6.45, 7) is 0. The van der Waals surface area contributed by atoms with Gasteiger partial charge in [0.05, 0.1) is 11.2 Å². The maximum absolute atomic E-state index is 6.13. The minimum Gasteiger partial charge on any atom is -0.455 e. The molecule has 0 N–H and O–H groups in total. The molecule has 0 fully saturated rings. The van der Waals surface area contributed by atoms with E-state index in [0.29, 0.717) is 21.6 Å². The maximum atomic E-state index is 6.13. The van der Waals surface area contributed by atoms with E-state index in [1.807, 2.05) is 12.1 Å². The molecule has 2 aromatic heterocycles. The molecule has 100 valence electrons. The van der Waals surface area contributed by atoms with Gasteiger partial charge < -0.3 is 4.42 Å². The maximum Gasteiger partial charge on any atom is 0.147 e. The van der Waals surface area contributed by atoms with Crippen LogP contribution in [0.5, 0.6) is 0 Å². The molecule has 0 atom stereocenters. The van der Waals surface area contributed by atoms with Gasteiger partial charge in [0, 0.05) is 10.6 Å². The summed E-state index contributed by atoms with van der Waals surface area (Å²) in [5.41, 5.74) is 0.778. The van der Waals surface area contributed by atoms with Crippen molar-refractivity contribution in [1.29, 1.82) is 0 Å². The van der Waals surface area contributed by atoms with Crippen molar-refractivity contribution in [2.75, 3.05) is 0 Å². The number of halogens is 2. The lowest BCUT2D eigenvalue weighted by Crippen LogP contribution is -1.84. The van der Waals surface area contributed by atoms with Gasteiger partial charge in [0.25, 0.3) is 0 Å². The smallest absolute Gasteiger partial charge is 0.147 e. The number of nitrogens with zero attached hydrogens (tertiary/aromatic N) is 4. The van der Waals surface area contributed by atoms with Crippen molar-refractivity contribution < 1.29 is 4.42 Å². The van der Waals surface area contributed by atoms with Crippen molar-refractivity contribution in [1.82, 2.24) is 14.9 Å². The molecule has 7 heteroatoms. The SMILES string of the molecule is Clc1ccc(-c2ccc(/C=N\n3cnnc3)o2)c(Cl)c1. The molecule has 0 aliphatic rings. The molecule has 0 amide bonds. The first-order valence-electron chi connectivity index (χ1n) is 5.66. The molecular formula is C13H8Cl2N4O. The van der Waals surface area contributed by atoms with E-state index < -0.39 is 0 Å². The fraction of sp³-hybridized carbons (Fsp3) is 0. The quantitative estimate of drug-likeness (QED) is 0.693. The highest BCUT2D eigenvalue weighted by molar-refractivity contribution is 6.36. The second-order valence-electron chi connectivity index (χ2n) is 3.91. The van der Waals surface area contributed by atoms with Gasteiger partial charge in [-0.15, -0.1) is 10.2 Å². The number of rotatable bonds is 3. The van der Waals surface area contributed by atoms with Crippen LogP contribution in [-0.2, 0) is 0 Å². The van der Waals surface area contributed by atoms with Crippen LogP contribution in [0.4, 0.5) is 0 Å². The van der Waals surface area contributed by atoms with Gasteiger partial charge in [-0.3, -0.25) is 0 Å². The standard InChI is InChI=1S/C13H8Cl2N4O/c14-9-1-3-11(12(15)5-9)13-4-2-10(20-13)6-18-19-7-16-17-8-19/h1-8H/b18-6-. The highest BCUT2D eigenvalue weighted by Gasteiger charge is 2.08. The van der Waals surface area contributed by atoms with E-state index in [1.165, 1.54) is 17.3 Å². The molecule has 3 aromatic rings. The Labute approximate surface area is 124 Å². The van der Waals surface area contributed by atoms with Gasteiger partial charge in [-0.1, -0.05) is 23.2 Å². The Morgan fingerprint density at radius 1 is 1.10 bits per heavy atom. The zero-order valence-corrected chi connectivity index (χ0v) is 11.6. The van der Waals surface area contributed by atoms with Gasteiger partial charge in [-0.25, -0.2) is 4.68 Å². The van der Waals surface area contributed by atoms with Crippen molar-refractivity contribution in [3.8, 4) is 11.3 Å². The van der Waals surface area contributed by atoms with E-state index in [2.05, 4.69) is 15.3 Å². The molecule has 2 heterocycles. The molecule has 0 aliphatic heterocycles. The zero-order valence-electron chi connectivity index (χ0n) is 10.1. The van der Waals surface area contributed by atoms with Crippen LogP contribution in [0.15, 0.2) is 52.5 Å². The summed E-state index contributed by atoms with van der Waals surface area (Å²) < 4.78 is 7.13. The van der Waals surface area contributed by atoms with Gasteiger partial charge in [0.1, 0.15) is 24.2 Å². The molecule has 0 radical (unpaired) electrons. The minimum atomic E-state index is 0.536. The predicted octanol–water partition coefficient (Wildman–Crippen LogP) is 3.73. The van der Waals surface area contributed by atoms with Crippen molar-refractivity contribution in [2.45, 2.75) is 0 Å². The lowest BCUT2D eigenvalue weighted by molar-refractivity contribution is 0.574. The largest absolute Gasteiger partial charge is 0.455 e. The summed E-state index contributed by atoms with van der Waals surface area (Å²) in [6, 6.07) is 8.86. The van der Waals surface area contributed by atoms with Crippen LogP contribution in [0.3, 0.4) is 0 Å². The molecule has 0 saturated heterocycles. The number of benzene rings is 1. The lowest BCUT2D eigenvalue weighted by atomic mass is 10.2. The van der Waals surface area contributed by atoms with Crippen LogP contribution in [0, 0.1) is 0 Å². The second-order valence-corrected chi connectivity index (χ2v) is 4.76. The van der Waals surface area contributed by atoms with E-state index in [9.17, 15) is 0 Å². The Bertz CT molecular complexity index is 750. The van der Waals surface area contributed by atoms with Gasteiger partial charge >= 0.3 is 0 Å². The number of aromatic nitrogens is 3. The topological polar surface area (TPSA) is 56.2 Å². The van der Waals surface area contributed by atoms with Crippen LogP contribution in [0.25, 0.3) is 11.3 Å². The highest BCUT2D eigenvalue weighted by Crippen LogP contribution is 2.31. The van der Waals surface area contributed by atoms with E-state index >= 15 is 0 Å². The van der Waals surface area contributed by atoms with Gasteiger partial charge in [-0.05, 0) is 30.3 Å². The van der Waals surface area contributed by atoms with Gasteiger partial charge in [0.15, 0.2) is 0 Å². The Morgan fingerprint density at radius 3 is 2.65 bits per heavy atom. The molecule has 20 heavy (non-hydrogen) atoms. The van der Waals surface area contributed by atoms with Crippen LogP contribution < -0.4 is 0 Å². The van der Waals surface area contributed by atoms with Crippen molar-refractivity contribution in [3.63, 3.8) is 0 Å². The van der Waals surface area contributed by atoms with E-state index in [4.69, 9.17) is 27.6 Å². The normalized spacial score (nSPS) is 11.3. The fourth-order valence-electron chi connectivity index (χ4n) is 1.63. The molecule has 0 aliphatic carbocycles. The Balaban J connectivity index is 1.86. The zero-order chi connectivity index (χ0) is 13.9. The first-order chi connectivity index (χ1) is 9.72. The first-order valence-corrected chi connectivity index (χ1v) is 6.42. The summed E-state index contributed by atoms with van der Waals surface area (Å²) in [5.74, 6) is 1.25. The third-order valence-corrected chi connectivity index (χ3v) is 3.10. The summed E-state index contributed by atoms with van der Waals surface area (Å²) in [6.07, 6.45) is 4.53. The third-order valence-electron chi connectivity index (χ3n) is 2.55. The molecule has 0 saturated carbocycles. The van der Waals surface area contributed by atoms with Gasteiger partial charge in [0.2, 0.25) is 0 Å². The van der Waals surface area contributed by atoms with E-state index in [1.54, 1.807) is 24.4 Å². The van der Waals surface area contributed by atoms with E-state index in [0.717, 1.165) is 5.56 Å². The lowest BCUT2D eigenvalue weighted by Gasteiger charge is -2.00. The van der Waals surface area contributed by atoms with Crippen molar-refractivity contribution >= 4 is 29.4 Å². The molecule has 5 nitrogen and oxygen atoms in total. The molecule has 0 spiro atoms. The molecule has 3 rings (SSSR count). The third kappa shape index (κ3) is 2.74. The molecule has 0 unspecified atom stereocenters. The average molecular weight is 307 g/mol. The Hall–Kier alpha value is -2.11. The summed E-state index contributed by atoms with van der Waals surface area (Å²) in [5, 5.41) is 12.5. The summed E-state index contributed by atoms with van der Waals surface area (Å²) in [7, 11) is 0. The van der Waals surface area contributed by atoms with Crippen molar-refractivity contribution in [2.24, 2.45) is 5.10 Å². The summed E-state index contributed by atoms with van der Waals surface area (Å²) >= 11 is 12.0. The Morgan fingerprint density at radius 2 is 1.90 bits per heavy atom. The monoisotopic (exact) mass is 306 g/mol. The van der Waals surface area contributed by atoms with Crippen LogP contribution in [0.2, 0.25) is 10.0 Å². The van der Waals surface area contributed by atoms with Crippen LogP contribution in [-0.4, -0.2) is 21.1 Å². The molecular weight excluding hydrogens is 299 g/mol. The minimum absolute atomic E-state index is 0.536. The highest BCUT2D eigenvalue weighted by atomic mass is 35.5. The van der Waals surface area contributed by atoms with Crippen LogP contribution >= 0.6 is 23.2 Å². The summed E-state index contributed by atoms with van der Waals surface area (Å²) in [4.78, 5) is 0. The average Bonchev–Trinajstić information content (AvgIpc) is 3.07. The molecule has 0 bridgehead atoms. The number of hydrogen-bond acceptors (Lipinski definition) is 4. The first kappa shape index (κ1) is 12.9. The number of hydrogen-bond donors (Lipinski definition) is 0. The van der Waals surface area contributed by atoms with E-state index in [-0.39, 0.29) is 0 Å². The fourth-order valence-corrected chi connectivity index (χ4v) is 2.14. The predicted molar refractivity (Wildman–Crippen MR) is 77.2 cm³/mol. The molecule has 1 aromatic carbocycles. The van der Waals surface area contributed by atoms with Gasteiger partial charge in [-0.2, -0.15) is 5.10 Å². The van der Waals surface area contributed by atoms with Crippen molar-refractivity contribution in [3.05, 3.63) is 58.8 Å². The number of furan rings is 1. The second kappa shape index (κ2) is 5.48. The Kier molecular flexibility index (Phi) is 3.54.